The SMILES string of the molecule is COc1ccc(NC(=O)C2CC(=O)N(c3ccccc3)C2)cc1OC(F)F. The van der Waals surface area contributed by atoms with Crippen LogP contribution in [0.5, 0.6) is 11.5 Å². The number of amides is 2. The predicted molar refractivity (Wildman–Crippen MR) is 95.2 cm³/mol. The molecule has 0 aliphatic carbocycles. The van der Waals surface area contributed by atoms with E-state index in [4.69, 9.17) is 4.74 Å². The topological polar surface area (TPSA) is 67.9 Å². The van der Waals surface area contributed by atoms with Crippen LogP contribution >= 0.6 is 0 Å². The minimum atomic E-state index is -3.02. The lowest BCUT2D eigenvalue weighted by Crippen LogP contribution is -2.28. The Kier molecular flexibility index (Phi) is 5.54. The van der Waals surface area contributed by atoms with Crippen LogP contribution in [0.3, 0.4) is 0 Å². The fourth-order valence-electron chi connectivity index (χ4n) is 2.93. The summed E-state index contributed by atoms with van der Waals surface area (Å²) in [5, 5.41) is 2.64. The Morgan fingerprint density at radius 1 is 1.19 bits per heavy atom. The molecular weight excluding hydrogens is 358 g/mol. The molecule has 1 fully saturated rings. The molecule has 0 radical (unpaired) electrons. The van der Waals surface area contributed by atoms with Crippen LogP contribution in [0.2, 0.25) is 0 Å². The normalized spacial score (nSPS) is 16.5. The largest absolute Gasteiger partial charge is 0.493 e. The minimum Gasteiger partial charge on any atom is -0.493 e. The van der Waals surface area contributed by atoms with Crippen LogP contribution in [0, 0.1) is 5.92 Å². The molecule has 2 amide bonds. The van der Waals surface area contributed by atoms with Gasteiger partial charge >= 0.3 is 6.61 Å². The third-order valence-corrected chi connectivity index (χ3v) is 4.21. The summed E-state index contributed by atoms with van der Waals surface area (Å²) < 4.78 is 34.4. The Bertz CT molecular complexity index is 830. The van der Waals surface area contributed by atoms with Crippen LogP contribution < -0.4 is 19.7 Å². The third-order valence-electron chi connectivity index (χ3n) is 4.21. The molecule has 8 heteroatoms. The first-order chi connectivity index (χ1) is 13.0. The lowest BCUT2D eigenvalue weighted by Gasteiger charge is -2.17. The lowest BCUT2D eigenvalue weighted by molar-refractivity contribution is -0.122. The molecule has 0 saturated carbocycles. The van der Waals surface area contributed by atoms with Crippen molar-refractivity contribution in [2.75, 3.05) is 23.9 Å². The summed E-state index contributed by atoms with van der Waals surface area (Å²) in [5.41, 5.74) is 1.01. The molecule has 3 rings (SSSR count). The summed E-state index contributed by atoms with van der Waals surface area (Å²) in [6.07, 6.45) is 0.0806. The molecule has 1 atom stereocenters. The Morgan fingerprint density at radius 2 is 1.93 bits per heavy atom. The fraction of sp³-hybridized carbons (Fsp3) is 0.263. The maximum atomic E-state index is 12.5. The van der Waals surface area contributed by atoms with Crippen LogP contribution in [0.4, 0.5) is 20.2 Å². The standard InChI is InChI=1S/C19H18F2N2O4/c1-26-15-8-7-13(10-16(15)27-19(20)21)22-18(25)12-9-17(24)23(11-12)14-5-3-2-4-6-14/h2-8,10,12,19H,9,11H2,1H3,(H,22,25). The summed E-state index contributed by atoms with van der Waals surface area (Å²) in [7, 11) is 1.33. The van der Waals surface area contributed by atoms with Crippen molar-refractivity contribution in [1.29, 1.82) is 0 Å². The molecule has 0 spiro atoms. The quantitative estimate of drug-likeness (QED) is 0.840. The van der Waals surface area contributed by atoms with Crippen LogP contribution in [-0.4, -0.2) is 32.1 Å². The maximum Gasteiger partial charge on any atom is 0.387 e. The number of anilines is 2. The molecule has 1 unspecified atom stereocenters. The predicted octanol–water partition coefficient (Wildman–Crippen LogP) is 3.29. The maximum absolute atomic E-state index is 12.5. The number of halogens is 2. The molecule has 142 valence electrons. The van der Waals surface area contributed by atoms with E-state index in [1.807, 2.05) is 18.2 Å². The van der Waals surface area contributed by atoms with Crippen molar-refractivity contribution in [2.24, 2.45) is 5.92 Å². The summed E-state index contributed by atoms with van der Waals surface area (Å²) in [4.78, 5) is 26.3. The summed E-state index contributed by atoms with van der Waals surface area (Å²) in [6, 6.07) is 13.3. The summed E-state index contributed by atoms with van der Waals surface area (Å²) >= 11 is 0. The van der Waals surface area contributed by atoms with Gasteiger partial charge in [-0.2, -0.15) is 8.78 Å². The van der Waals surface area contributed by atoms with Crippen molar-refractivity contribution in [3.63, 3.8) is 0 Å². The van der Waals surface area contributed by atoms with Crippen LogP contribution in [0.1, 0.15) is 6.42 Å². The van der Waals surface area contributed by atoms with Gasteiger partial charge < -0.3 is 19.7 Å². The van der Waals surface area contributed by atoms with Gasteiger partial charge in [0.25, 0.3) is 0 Å². The number of rotatable bonds is 6. The van der Waals surface area contributed by atoms with E-state index in [-0.39, 0.29) is 42.0 Å². The van der Waals surface area contributed by atoms with Crippen molar-refractivity contribution in [3.8, 4) is 11.5 Å². The van der Waals surface area contributed by atoms with E-state index >= 15 is 0 Å². The Labute approximate surface area is 154 Å². The monoisotopic (exact) mass is 376 g/mol. The molecule has 2 aromatic rings. The number of ether oxygens (including phenoxy) is 2. The Morgan fingerprint density at radius 3 is 2.59 bits per heavy atom. The molecular formula is C19H18F2N2O4. The van der Waals surface area contributed by atoms with Gasteiger partial charge in [0, 0.05) is 30.4 Å². The number of carbonyl (C=O) groups excluding carboxylic acids is 2. The number of para-hydroxylation sites is 1. The van der Waals surface area contributed by atoms with Crippen LogP contribution in [-0.2, 0) is 9.59 Å². The van der Waals surface area contributed by atoms with E-state index in [9.17, 15) is 18.4 Å². The van der Waals surface area contributed by atoms with Crippen LogP contribution in [0.25, 0.3) is 0 Å². The van der Waals surface area contributed by atoms with Gasteiger partial charge in [0.05, 0.1) is 13.0 Å². The first kappa shape index (κ1) is 18.6. The van der Waals surface area contributed by atoms with Gasteiger partial charge in [-0.1, -0.05) is 18.2 Å². The number of carbonyl (C=O) groups is 2. The second-order valence-corrected chi connectivity index (χ2v) is 5.97. The van der Waals surface area contributed by atoms with E-state index in [0.717, 1.165) is 5.69 Å². The zero-order valence-corrected chi connectivity index (χ0v) is 14.5. The molecule has 0 bridgehead atoms. The van der Waals surface area contributed by atoms with Crippen molar-refractivity contribution in [3.05, 3.63) is 48.5 Å². The van der Waals surface area contributed by atoms with E-state index in [1.54, 1.807) is 17.0 Å². The van der Waals surface area contributed by atoms with E-state index < -0.39 is 12.5 Å². The molecule has 27 heavy (non-hydrogen) atoms. The highest BCUT2D eigenvalue weighted by Crippen LogP contribution is 2.32. The Balaban J connectivity index is 1.70. The number of hydrogen-bond donors (Lipinski definition) is 1. The van der Waals surface area contributed by atoms with E-state index in [1.165, 1.54) is 25.3 Å². The summed E-state index contributed by atoms with van der Waals surface area (Å²) in [5.74, 6) is -1.11. The molecule has 6 nitrogen and oxygen atoms in total. The van der Waals surface area contributed by atoms with E-state index in [0.29, 0.717) is 0 Å². The van der Waals surface area contributed by atoms with Crippen LogP contribution in [0.15, 0.2) is 48.5 Å². The average molecular weight is 376 g/mol. The van der Waals surface area contributed by atoms with Crippen molar-refractivity contribution in [2.45, 2.75) is 13.0 Å². The third kappa shape index (κ3) is 4.33. The molecule has 0 aromatic heterocycles. The molecule has 1 aliphatic heterocycles. The highest BCUT2D eigenvalue weighted by molar-refractivity contribution is 6.03. The second-order valence-electron chi connectivity index (χ2n) is 5.97. The molecule has 2 aromatic carbocycles. The van der Waals surface area contributed by atoms with Gasteiger partial charge in [0.15, 0.2) is 11.5 Å². The molecule has 1 aliphatic rings. The van der Waals surface area contributed by atoms with Gasteiger partial charge in [-0.05, 0) is 24.3 Å². The number of methoxy groups -OCH3 is 1. The molecule has 1 heterocycles. The molecule has 1 N–H and O–H groups in total. The number of alkyl halides is 2. The highest BCUT2D eigenvalue weighted by Gasteiger charge is 2.35. The van der Waals surface area contributed by atoms with Gasteiger partial charge in [-0.3, -0.25) is 9.59 Å². The second kappa shape index (κ2) is 8.03. The van der Waals surface area contributed by atoms with Crippen molar-refractivity contribution in [1.82, 2.24) is 0 Å². The van der Waals surface area contributed by atoms with E-state index in [2.05, 4.69) is 10.1 Å². The fourth-order valence-corrected chi connectivity index (χ4v) is 2.93. The first-order valence-electron chi connectivity index (χ1n) is 8.27. The highest BCUT2D eigenvalue weighted by atomic mass is 19.3. The molecule has 1 saturated heterocycles. The van der Waals surface area contributed by atoms with Gasteiger partial charge in [-0.15, -0.1) is 0 Å². The lowest BCUT2D eigenvalue weighted by atomic mass is 10.1. The number of benzene rings is 2. The smallest absolute Gasteiger partial charge is 0.387 e. The summed E-state index contributed by atoms with van der Waals surface area (Å²) in [6.45, 7) is -2.76. The number of nitrogens with one attached hydrogen (secondary N) is 1. The zero-order valence-electron chi connectivity index (χ0n) is 14.5. The average Bonchev–Trinajstić information content (AvgIpc) is 3.04. The van der Waals surface area contributed by atoms with Gasteiger partial charge in [-0.25, -0.2) is 0 Å². The van der Waals surface area contributed by atoms with Crippen molar-refractivity contribution >= 4 is 23.2 Å². The van der Waals surface area contributed by atoms with Crippen molar-refractivity contribution < 1.29 is 27.8 Å². The van der Waals surface area contributed by atoms with Gasteiger partial charge in [0.2, 0.25) is 11.8 Å². The number of nitrogens with zero attached hydrogens (tertiary/aromatic N) is 1. The van der Waals surface area contributed by atoms with Gasteiger partial charge in [0.1, 0.15) is 0 Å². The minimum absolute atomic E-state index is 0.0806. The number of hydrogen-bond acceptors (Lipinski definition) is 4. The zero-order chi connectivity index (χ0) is 19.4. The Hall–Kier alpha value is -3.16. The first-order valence-corrected chi connectivity index (χ1v) is 8.27.